The van der Waals surface area contributed by atoms with Crippen molar-refractivity contribution in [1.29, 1.82) is 0 Å². The van der Waals surface area contributed by atoms with E-state index in [1.165, 1.54) is 28.2 Å². The summed E-state index contributed by atoms with van der Waals surface area (Å²) in [6, 6.07) is 21.6. The summed E-state index contributed by atoms with van der Waals surface area (Å²) >= 11 is 1.74. The van der Waals surface area contributed by atoms with Gasteiger partial charge in [-0.05, 0) is 47.3 Å². The molecule has 2 heterocycles. The Hall–Kier alpha value is -1.66. The highest BCUT2D eigenvalue weighted by atomic mass is 35.5. The topological polar surface area (TPSA) is 34.1 Å². The first-order valence-corrected chi connectivity index (χ1v) is 13.7. The summed E-state index contributed by atoms with van der Waals surface area (Å²) in [5, 5.41) is 9.35. The van der Waals surface area contributed by atoms with Gasteiger partial charge in [-0.2, -0.15) is 0 Å². The van der Waals surface area contributed by atoms with Crippen molar-refractivity contribution >= 4 is 42.4 Å². The average Bonchev–Trinajstić information content (AvgIpc) is 3.20. The predicted molar refractivity (Wildman–Crippen MR) is 137 cm³/mol. The van der Waals surface area contributed by atoms with Gasteiger partial charge in [0, 0.05) is 6.42 Å². The number of nitrogens with one attached hydrogen (secondary N) is 1. The summed E-state index contributed by atoms with van der Waals surface area (Å²) in [5.41, 5.74) is 0. The Balaban J connectivity index is 0.00000272. The van der Waals surface area contributed by atoms with Crippen LogP contribution in [0.2, 0.25) is 5.04 Å². The second-order valence-corrected chi connectivity index (χ2v) is 14.4. The molecule has 1 atom stereocenters. The second-order valence-electron chi connectivity index (χ2n) is 9.26. The van der Waals surface area contributed by atoms with Crippen molar-refractivity contribution < 1.29 is 4.43 Å². The lowest BCUT2D eigenvalue weighted by atomic mass is 9.97. The number of hydrogen-bond donors (Lipinski definition) is 1. The Morgan fingerprint density at radius 1 is 1.03 bits per heavy atom. The van der Waals surface area contributed by atoms with E-state index in [-0.39, 0.29) is 17.4 Å². The molecular weight excluding hydrogens is 440 g/mol. The Bertz CT molecular complexity index is 897. The van der Waals surface area contributed by atoms with Gasteiger partial charge in [0.2, 0.25) is 5.88 Å². The lowest BCUT2D eigenvalue weighted by Crippen LogP contribution is -2.68. The molecular formula is C25H33ClN2OSSi. The van der Waals surface area contributed by atoms with Crippen molar-refractivity contribution in [3.8, 4) is 5.88 Å². The Morgan fingerprint density at radius 2 is 1.65 bits per heavy atom. The van der Waals surface area contributed by atoms with Gasteiger partial charge >= 0.3 is 8.32 Å². The quantitative estimate of drug-likeness (QED) is 0.510. The van der Waals surface area contributed by atoms with Crippen LogP contribution in [0.5, 0.6) is 5.88 Å². The summed E-state index contributed by atoms with van der Waals surface area (Å²) < 4.78 is 7.03. The molecule has 1 unspecified atom stereocenters. The molecule has 0 bridgehead atoms. The van der Waals surface area contributed by atoms with E-state index < -0.39 is 8.32 Å². The van der Waals surface area contributed by atoms with Gasteiger partial charge < -0.3 is 9.74 Å². The van der Waals surface area contributed by atoms with Gasteiger partial charge in [0.15, 0.2) is 0 Å². The summed E-state index contributed by atoms with van der Waals surface area (Å²) in [4.78, 5) is 4.96. The van der Waals surface area contributed by atoms with Gasteiger partial charge in [-0.1, -0.05) is 81.4 Å². The molecule has 1 fully saturated rings. The van der Waals surface area contributed by atoms with E-state index in [9.17, 15) is 0 Å². The number of rotatable bonds is 6. The monoisotopic (exact) mass is 472 g/mol. The second kappa shape index (κ2) is 10.3. The maximum absolute atomic E-state index is 7.03. The van der Waals surface area contributed by atoms with Gasteiger partial charge in [-0.15, -0.1) is 23.7 Å². The number of thiazole rings is 1. The molecule has 2 aromatic carbocycles. The molecule has 4 rings (SSSR count). The standard InChI is InChI=1S/C25H32N2OSSi.ClH/c1-25(2,3)30(21-12-6-4-7-13-21,22-14-8-5-9-15-22)28-23-19-29-24(27-23)17-20-11-10-16-26-18-20;/h4-9,12-15,19-20,26H,10-11,16-18H2,1-3H3;1H. The van der Waals surface area contributed by atoms with E-state index in [1.54, 1.807) is 11.3 Å². The number of hydrogen-bond acceptors (Lipinski definition) is 4. The Morgan fingerprint density at radius 3 is 2.16 bits per heavy atom. The van der Waals surface area contributed by atoms with Crippen molar-refractivity contribution in [2.45, 2.75) is 45.1 Å². The molecule has 0 saturated carbocycles. The molecule has 1 saturated heterocycles. The van der Waals surface area contributed by atoms with Crippen molar-refractivity contribution in [2.24, 2.45) is 5.92 Å². The zero-order chi connectivity index (χ0) is 21.0. The van der Waals surface area contributed by atoms with E-state index in [1.807, 2.05) is 0 Å². The van der Waals surface area contributed by atoms with E-state index in [0.717, 1.165) is 25.4 Å². The minimum atomic E-state index is -2.60. The number of nitrogens with zero attached hydrogens (tertiary/aromatic N) is 1. The Kier molecular flexibility index (Phi) is 7.97. The number of halogens is 1. The predicted octanol–water partition coefficient (Wildman–Crippen LogP) is 5.05. The van der Waals surface area contributed by atoms with Gasteiger partial charge in [-0.25, -0.2) is 4.98 Å². The van der Waals surface area contributed by atoms with Gasteiger partial charge in [0.1, 0.15) is 0 Å². The third-order valence-corrected chi connectivity index (χ3v) is 11.8. The van der Waals surface area contributed by atoms with E-state index in [4.69, 9.17) is 9.41 Å². The first kappa shape index (κ1) is 24.0. The van der Waals surface area contributed by atoms with E-state index in [2.05, 4.69) is 92.1 Å². The highest BCUT2D eigenvalue weighted by Crippen LogP contribution is 2.38. The summed E-state index contributed by atoms with van der Waals surface area (Å²) in [7, 11) is -2.60. The minimum absolute atomic E-state index is 0. The first-order chi connectivity index (χ1) is 14.5. The van der Waals surface area contributed by atoms with Crippen LogP contribution in [0.15, 0.2) is 66.0 Å². The lowest BCUT2D eigenvalue weighted by Gasteiger charge is -2.42. The number of aromatic nitrogens is 1. The van der Waals surface area contributed by atoms with Crippen LogP contribution < -0.4 is 20.1 Å². The molecule has 1 N–H and O–H groups in total. The van der Waals surface area contributed by atoms with Crippen molar-refractivity contribution in [1.82, 2.24) is 10.3 Å². The third-order valence-electron chi connectivity index (χ3n) is 6.07. The molecule has 0 radical (unpaired) electrons. The van der Waals surface area contributed by atoms with E-state index in [0.29, 0.717) is 5.92 Å². The number of benzene rings is 2. The first-order valence-electron chi connectivity index (χ1n) is 10.9. The molecule has 31 heavy (non-hydrogen) atoms. The highest BCUT2D eigenvalue weighted by Gasteiger charge is 2.52. The fourth-order valence-electron chi connectivity index (χ4n) is 4.59. The van der Waals surface area contributed by atoms with Gasteiger partial charge in [-0.3, -0.25) is 0 Å². The normalized spacial score (nSPS) is 17.1. The zero-order valence-electron chi connectivity index (χ0n) is 18.6. The summed E-state index contributed by atoms with van der Waals surface area (Å²) in [5.74, 6) is 1.47. The maximum atomic E-state index is 7.03. The Labute approximate surface area is 197 Å². The number of piperidine rings is 1. The minimum Gasteiger partial charge on any atom is -0.521 e. The van der Waals surface area contributed by atoms with Gasteiger partial charge in [0.05, 0.1) is 10.4 Å². The van der Waals surface area contributed by atoms with Crippen molar-refractivity contribution in [2.75, 3.05) is 13.1 Å². The van der Waals surface area contributed by atoms with Crippen LogP contribution >= 0.6 is 23.7 Å². The summed E-state index contributed by atoms with van der Waals surface area (Å²) in [6.45, 7) is 9.17. The fraction of sp³-hybridized carbons (Fsp3) is 0.400. The zero-order valence-corrected chi connectivity index (χ0v) is 21.3. The summed E-state index contributed by atoms with van der Waals surface area (Å²) in [6.07, 6.45) is 3.60. The lowest BCUT2D eigenvalue weighted by molar-refractivity contribution is 0.375. The molecule has 0 spiro atoms. The third kappa shape index (κ3) is 5.22. The van der Waals surface area contributed by atoms with Crippen LogP contribution in [0.3, 0.4) is 0 Å². The average molecular weight is 473 g/mol. The van der Waals surface area contributed by atoms with Crippen LogP contribution in [0.25, 0.3) is 0 Å². The largest absolute Gasteiger partial charge is 0.521 e. The van der Waals surface area contributed by atoms with Crippen LogP contribution in [-0.4, -0.2) is 26.4 Å². The molecule has 6 heteroatoms. The fourth-order valence-corrected chi connectivity index (χ4v) is 9.83. The van der Waals surface area contributed by atoms with Crippen molar-refractivity contribution in [3.63, 3.8) is 0 Å². The molecule has 3 nitrogen and oxygen atoms in total. The van der Waals surface area contributed by atoms with Gasteiger partial charge in [0.25, 0.3) is 0 Å². The molecule has 166 valence electrons. The molecule has 0 amide bonds. The van der Waals surface area contributed by atoms with Crippen LogP contribution in [0, 0.1) is 5.92 Å². The highest BCUT2D eigenvalue weighted by molar-refractivity contribution is 7.10. The molecule has 1 aliphatic heterocycles. The van der Waals surface area contributed by atoms with Crippen LogP contribution in [0.4, 0.5) is 0 Å². The van der Waals surface area contributed by atoms with Crippen LogP contribution in [0.1, 0.15) is 38.6 Å². The SMILES string of the molecule is CC(C)(C)[Si](Oc1csc(CC2CCCNC2)n1)(c1ccccc1)c1ccccc1.Cl. The molecule has 0 aliphatic carbocycles. The molecule has 1 aliphatic rings. The molecule has 1 aromatic heterocycles. The smallest absolute Gasteiger partial charge is 0.322 e. The van der Waals surface area contributed by atoms with Crippen molar-refractivity contribution in [3.05, 3.63) is 71.1 Å². The maximum Gasteiger partial charge on any atom is 0.322 e. The van der Waals surface area contributed by atoms with E-state index >= 15 is 0 Å². The molecule has 3 aromatic rings. The van der Waals surface area contributed by atoms with Crippen LogP contribution in [-0.2, 0) is 6.42 Å².